The number of benzene rings is 4. The van der Waals surface area contributed by atoms with E-state index in [9.17, 15) is 0 Å². The van der Waals surface area contributed by atoms with Crippen LogP contribution in [0.4, 0.5) is 5.69 Å². The number of H-pyrrole nitrogens is 2. The van der Waals surface area contributed by atoms with Crippen LogP contribution in [0, 0.1) is 11.8 Å². The van der Waals surface area contributed by atoms with Gasteiger partial charge in [-0.05, 0) is 168 Å². The van der Waals surface area contributed by atoms with Crippen LogP contribution in [0.2, 0.25) is 0 Å². The fraction of sp³-hybridized carbons (Fsp3) is 0.317. The van der Waals surface area contributed by atoms with Gasteiger partial charge in [0.1, 0.15) is 0 Å². The van der Waals surface area contributed by atoms with E-state index in [0.717, 1.165) is 106 Å². The smallest absolute Gasteiger partial charge is 0.0909 e. The fourth-order valence-corrected chi connectivity index (χ4v) is 11.7. The van der Waals surface area contributed by atoms with Gasteiger partial charge in [-0.3, -0.25) is 9.97 Å². The average Bonchev–Trinajstić information content (AvgIpc) is 1.72. The van der Waals surface area contributed by atoms with E-state index in [0.29, 0.717) is 11.3 Å². The summed E-state index contributed by atoms with van der Waals surface area (Å²) in [6.07, 6.45) is 10.4. The monoisotopic (exact) mass is 1170 g/mol. The number of fused-ring (bicyclic) bond motifs is 8. The Hall–Kier alpha value is -8.86. The molecule has 0 aliphatic carbocycles. The molecule has 2 aliphatic heterocycles. The largest absolute Gasteiger partial charge is 0.378 e. The van der Waals surface area contributed by atoms with Gasteiger partial charge in [-0.15, -0.1) is 0 Å². The summed E-state index contributed by atoms with van der Waals surface area (Å²) in [5.41, 5.74) is 25.4. The second kappa shape index (κ2) is 22.6. The number of aromatic amines is 2. The van der Waals surface area contributed by atoms with Gasteiger partial charge < -0.3 is 14.9 Å². The zero-order chi connectivity index (χ0) is 63.9. The summed E-state index contributed by atoms with van der Waals surface area (Å²) >= 11 is 0. The molecular formula is C82H89N7. The van der Waals surface area contributed by atoms with E-state index in [2.05, 4.69) is 305 Å². The lowest BCUT2D eigenvalue weighted by molar-refractivity contribution is 0.568. The summed E-state index contributed by atoms with van der Waals surface area (Å²) < 4.78 is 0. The third kappa shape index (κ3) is 12.8. The van der Waals surface area contributed by atoms with Crippen LogP contribution in [-0.2, 0) is 32.5 Å². The molecule has 0 atom stereocenters. The van der Waals surface area contributed by atoms with Crippen LogP contribution < -0.4 is 4.90 Å². The molecule has 2 aliphatic rings. The third-order valence-electron chi connectivity index (χ3n) is 17.4. The Bertz CT molecular complexity index is 4430. The second-order valence-corrected chi connectivity index (χ2v) is 30.9. The maximum Gasteiger partial charge on any atom is 0.0909 e. The van der Waals surface area contributed by atoms with Gasteiger partial charge >= 0.3 is 0 Å². The molecule has 0 spiro atoms. The maximum atomic E-state index is 6.00. The lowest BCUT2D eigenvalue weighted by Gasteiger charge is -2.26. The molecule has 7 nitrogen and oxygen atoms in total. The summed E-state index contributed by atoms with van der Waals surface area (Å²) in [5, 5.41) is 0. The molecule has 4 aromatic carbocycles. The van der Waals surface area contributed by atoms with Gasteiger partial charge in [-0.2, -0.15) is 0 Å². The first-order valence-corrected chi connectivity index (χ1v) is 31.5. The van der Waals surface area contributed by atoms with E-state index in [4.69, 9.17) is 19.9 Å². The molecule has 8 bridgehead atoms. The minimum atomic E-state index is -0.169. The Labute approximate surface area is 530 Å². The summed E-state index contributed by atoms with van der Waals surface area (Å²) in [4.78, 5) is 32.6. The molecule has 2 N–H and O–H groups in total. The topological polar surface area (TPSA) is 86.4 Å². The number of anilines is 1. The van der Waals surface area contributed by atoms with Crippen molar-refractivity contribution < 1.29 is 0 Å². The van der Waals surface area contributed by atoms with Crippen molar-refractivity contribution in [2.24, 2.45) is 0 Å². The molecule has 0 saturated carbocycles. The fourth-order valence-electron chi connectivity index (χ4n) is 11.7. The Morgan fingerprint density at radius 2 is 0.809 bits per heavy atom. The third-order valence-corrected chi connectivity index (χ3v) is 17.4. The molecule has 452 valence electrons. The SMILES string of the molecule is CN(C)c1ccc(C#Cc2c3nc(c(-c4cc(C(C)(C)C)cc(C(C)(C)C)c4)c4ccc([nH]4)c(-c4cc(C(C)(C)C)cc(C(C)(C)C)c4)c4nc(c(-c5cc(C(C)(C)C)cc(C(C)(C)C)c5)c5cc(-c6ccccn6)c2[nH]5)C=C4)C=C3c2ccccn2)cc1. The van der Waals surface area contributed by atoms with Crippen molar-refractivity contribution in [2.75, 3.05) is 19.0 Å². The number of hydrogen-bond acceptors (Lipinski definition) is 5. The second-order valence-electron chi connectivity index (χ2n) is 30.9. The predicted octanol–water partition coefficient (Wildman–Crippen LogP) is 20.8. The first-order valence-electron chi connectivity index (χ1n) is 31.5. The Morgan fingerprint density at radius 3 is 1.21 bits per heavy atom. The van der Waals surface area contributed by atoms with Gasteiger partial charge in [0.2, 0.25) is 0 Å². The van der Waals surface area contributed by atoms with Gasteiger partial charge in [-0.1, -0.05) is 203 Å². The summed E-state index contributed by atoms with van der Waals surface area (Å²) in [6, 6.07) is 49.0. The number of rotatable bonds is 6. The Morgan fingerprint density at radius 1 is 0.393 bits per heavy atom. The van der Waals surface area contributed by atoms with E-state index in [-0.39, 0.29) is 32.5 Å². The highest BCUT2D eigenvalue weighted by molar-refractivity contribution is 6.04. The summed E-state index contributed by atoms with van der Waals surface area (Å²) in [5.74, 6) is 7.52. The number of nitrogens with one attached hydrogen (secondary N) is 2. The quantitative estimate of drug-likeness (QED) is 0.162. The van der Waals surface area contributed by atoms with Crippen molar-refractivity contribution in [3.63, 3.8) is 0 Å². The molecular weight excluding hydrogens is 1080 g/mol. The number of aromatic nitrogens is 6. The van der Waals surface area contributed by atoms with E-state index in [1.54, 1.807) is 0 Å². The molecule has 0 unspecified atom stereocenters. The minimum absolute atomic E-state index is 0.145. The van der Waals surface area contributed by atoms with Crippen LogP contribution in [0.1, 0.15) is 198 Å². The predicted molar refractivity (Wildman–Crippen MR) is 380 cm³/mol. The molecule has 11 rings (SSSR count). The number of nitrogens with zero attached hydrogens (tertiary/aromatic N) is 5. The van der Waals surface area contributed by atoms with E-state index in [1.165, 1.54) is 33.4 Å². The highest BCUT2D eigenvalue weighted by atomic mass is 15.1. The lowest BCUT2D eigenvalue weighted by Crippen LogP contribution is -2.16. The number of pyridine rings is 2. The van der Waals surface area contributed by atoms with E-state index in [1.807, 2.05) is 24.5 Å². The van der Waals surface area contributed by atoms with E-state index < -0.39 is 0 Å². The lowest BCUT2D eigenvalue weighted by atomic mass is 9.78. The van der Waals surface area contributed by atoms with Crippen LogP contribution in [-0.4, -0.2) is 44.0 Å². The van der Waals surface area contributed by atoms with Crippen molar-refractivity contribution in [1.29, 1.82) is 0 Å². The molecule has 0 saturated heterocycles. The first kappa shape index (κ1) is 61.8. The first-order chi connectivity index (χ1) is 41.7. The number of hydrogen-bond donors (Lipinski definition) is 2. The van der Waals surface area contributed by atoms with Crippen LogP contribution in [0.5, 0.6) is 0 Å². The van der Waals surface area contributed by atoms with Gasteiger partial charge in [0.25, 0.3) is 0 Å². The van der Waals surface area contributed by atoms with Gasteiger partial charge in [0, 0.05) is 82.1 Å². The molecule has 9 aromatic rings. The molecule has 7 heterocycles. The van der Waals surface area contributed by atoms with Crippen LogP contribution >= 0.6 is 0 Å². The van der Waals surface area contributed by atoms with Crippen LogP contribution in [0.15, 0.2) is 146 Å². The molecule has 89 heavy (non-hydrogen) atoms. The molecule has 0 amide bonds. The summed E-state index contributed by atoms with van der Waals surface area (Å²) in [6.45, 7) is 41.5. The Balaban J connectivity index is 1.44. The zero-order valence-electron chi connectivity index (χ0n) is 56.3. The maximum absolute atomic E-state index is 6.00. The van der Waals surface area contributed by atoms with Gasteiger partial charge in [0.15, 0.2) is 0 Å². The van der Waals surface area contributed by atoms with E-state index >= 15 is 0 Å². The summed E-state index contributed by atoms with van der Waals surface area (Å²) in [7, 11) is 4.12. The van der Waals surface area contributed by atoms with Gasteiger partial charge in [-0.25, -0.2) is 9.97 Å². The normalized spacial score (nSPS) is 13.1. The van der Waals surface area contributed by atoms with Crippen molar-refractivity contribution >= 4 is 51.6 Å². The van der Waals surface area contributed by atoms with Gasteiger partial charge in [0.05, 0.1) is 45.2 Å². The van der Waals surface area contributed by atoms with Crippen LogP contribution in [0.25, 0.3) is 90.5 Å². The van der Waals surface area contributed by atoms with Crippen molar-refractivity contribution in [3.05, 3.63) is 219 Å². The van der Waals surface area contributed by atoms with Crippen molar-refractivity contribution in [3.8, 4) is 56.5 Å². The highest BCUT2D eigenvalue weighted by Gasteiger charge is 2.30. The standard InChI is InChI=1S/C82H89N7/c1-77(2,3)54-39-51(40-55(45-54)78(4,5)6)72-66-33-35-68(85-66)73(52-41-56(79(7,8)9)46-57(42-52)80(10,11)12)70-48-62(64-25-21-23-37-83-64)75(87-70)61(32-29-50-27-30-60(31-28-50)89(19)20)76-63(65-26-22-24-38-84-65)49-71(88-76)74(69-36-34-67(72)86-69)53-43-58(81(13,14)15)47-59(44-53)82(16,17)18/h21-28,30-31,33-49,85,88H,1-20H3. The molecule has 0 radical (unpaired) electrons. The average molecular weight is 1170 g/mol. The Kier molecular flexibility index (Phi) is 15.7. The molecule has 7 heteroatoms. The minimum Gasteiger partial charge on any atom is -0.378 e. The van der Waals surface area contributed by atoms with Crippen LogP contribution in [0.3, 0.4) is 0 Å². The van der Waals surface area contributed by atoms with Crippen molar-refractivity contribution in [2.45, 2.75) is 157 Å². The molecule has 5 aromatic heterocycles. The zero-order valence-corrected chi connectivity index (χ0v) is 56.3. The molecule has 0 fully saturated rings. The highest BCUT2D eigenvalue weighted by Crippen LogP contribution is 2.45. The van der Waals surface area contributed by atoms with Crippen molar-refractivity contribution in [1.82, 2.24) is 29.9 Å².